The molecule has 1 unspecified atom stereocenters. The van der Waals surface area contributed by atoms with Crippen molar-refractivity contribution in [2.45, 2.75) is 45.4 Å². The number of aryl methyl sites for hydroxylation is 1. The van der Waals surface area contributed by atoms with Gasteiger partial charge in [0.25, 0.3) is 0 Å². The fourth-order valence-corrected chi connectivity index (χ4v) is 2.12. The second kappa shape index (κ2) is 6.19. The molecular formula is C14H19BrClF. The first-order valence-electron chi connectivity index (χ1n) is 5.88. The molecule has 0 saturated carbocycles. The van der Waals surface area contributed by atoms with Crippen LogP contribution in [0.1, 0.15) is 39.2 Å². The molecule has 0 N–H and O–H groups in total. The summed E-state index contributed by atoms with van der Waals surface area (Å²) < 4.78 is 14.3. The van der Waals surface area contributed by atoms with Crippen LogP contribution in [-0.2, 0) is 6.42 Å². The van der Waals surface area contributed by atoms with Crippen molar-refractivity contribution in [1.82, 2.24) is 0 Å². The predicted molar refractivity (Wildman–Crippen MR) is 76.1 cm³/mol. The lowest BCUT2D eigenvalue weighted by molar-refractivity contribution is 0.368. The van der Waals surface area contributed by atoms with Gasteiger partial charge in [0.05, 0.1) is 0 Å². The van der Waals surface area contributed by atoms with Crippen LogP contribution in [0.3, 0.4) is 0 Å². The molecule has 0 heterocycles. The molecule has 0 fully saturated rings. The molecule has 0 spiro atoms. The Balaban J connectivity index is 2.46. The van der Waals surface area contributed by atoms with Gasteiger partial charge in [-0.05, 0) is 42.4 Å². The Morgan fingerprint density at radius 3 is 2.53 bits per heavy atom. The summed E-state index contributed by atoms with van der Waals surface area (Å²) in [5.74, 6) is -0.138. The highest BCUT2D eigenvalue weighted by Crippen LogP contribution is 2.28. The summed E-state index contributed by atoms with van der Waals surface area (Å²) in [6.45, 7) is 6.39. The molecule has 0 aliphatic carbocycles. The Labute approximate surface area is 117 Å². The molecule has 0 aromatic heterocycles. The van der Waals surface area contributed by atoms with E-state index < -0.39 is 0 Å². The van der Waals surface area contributed by atoms with Gasteiger partial charge in [0, 0.05) is 9.85 Å². The van der Waals surface area contributed by atoms with Gasteiger partial charge in [-0.25, -0.2) is 4.39 Å². The molecule has 0 bridgehead atoms. The maximum Gasteiger partial charge on any atom is 0.127 e. The predicted octanol–water partition coefficient (Wildman–Crippen LogP) is 5.56. The molecule has 17 heavy (non-hydrogen) atoms. The zero-order valence-corrected chi connectivity index (χ0v) is 12.9. The van der Waals surface area contributed by atoms with Crippen molar-refractivity contribution in [2.75, 3.05) is 0 Å². The number of benzene rings is 1. The summed E-state index contributed by atoms with van der Waals surface area (Å²) in [6, 6.07) is 5.22. The van der Waals surface area contributed by atoms with Crippen molar-refractivity contribution in [2.24, 2.45) is 5.41 Å². The fourth-order valence-electron chi connectivity index (χ4n) is 1.63. The lowest BCUT2D eigenvalue weighted by Crippen LogP contribution is -2.20. The monoisotopic (exact) mass is 320 g/mol. The van der Waals surface area contributed by atoms with Crippen molar-refractivity contribution in [3.63, 3.8) is 0 Å². The van der Waals surface area contributed by atoms with Crippen LogP contribution in [0, 0.1) is 11.2 Å². The first-order chi connectivity index (χ1) is 7.80. The zero-order valence-electron chi connectivity index (χ0n) is 10.6. The van der Waals surface area contributed by atoms with Crippen LogP contribution < -0.4 is 0 Å². The van der Waals surface area contributed by atoms with Crippen LogP contribution >= 0.6 is 27.5 Å². The Kier molecular flexibility index (Phi) is 5.46. The summed E-state index contributed by atoms with van der Waals surface area (Å²) in [4.78, 5) is 0. The van der Waals surface area contributed by atoms with Crippen LogP contribution in [0.5, 0.6) is 0 Å². The SMILES string of the molecule is CC(C)(C)C(Cl)CCCc1ccc(Br)cc1F. The van der Waals surface area contributed by atoms with Crippen LogP contribution in [-0.4, -0.2) is 5.38 Å². The minimum absolute atomic E-state index is 0.111. The summed E-state index contributed by atoms with van der Waals surface area (Å²) in [6.07, 6.45) is 2.59. The lowest BCUT2D eigenvalue weighted by Gasteiger charge is -2.25. The summed E-state index contributed by atoms with van der Waals surface area (Å²) in [5.41, 5.74) is 0.880. The van der Waals surface area contributed by atoms with Gasteiger partial charge in [-0.2, -0.15) is 0 Å². The third-order valence-corrected chi connectivity index (χ3v) is 4.22. The van der Waals surface area contributed by atoms with Gasteiger partial charge in [0.15, 0.2) is 0 Å². The quantitative estimate of drug-likeness (QED) is 0.636. The molecule has 1 rings (SSSR count). The minimum atomic E-state index is -0.138. The molecule has 1 aromatic carbocycles. The average Bonchev–Trinajstić information content (AvgIpc) is 2.19. The first-order valence-corrected chi connectivity index (χ1v) is 7.11. The van der Waals surface area contributed by atoms with E-state index in [0.717, 1.165) is 29.3 Å². The highest BCUT2D eigenvalue weighted by atomic mass is 79.9. The van der Waals surface area contributed by atoms with Crippen molar-refractivity contribution < 1.29 is 4.39 Å². The van der Waals surface area contributed by atoms with Crippen LogP contribution in [0.4, 0.5) is 4.39 Å². The second-order valence-electron chi connectivity index (χ2n) is 5.46. The molecule has 1 aromatic rings. The van der Waals surface area contributed by atoms with Gasteiger partial charge in [0.1, 0.15) is 5.82 Å². The van der Waals surface area contributed by atoms with Crippen molar-refractivity contribution in [1.29, 1.82) is 0 Å². The molecule has 0 amide bonds. The van der Waals surface area contributed by atoms with E-state index in [1.165, 1.54) is 6.07 Å². The molecule has 3 heteroatoms. The largest absolute Gasteiger partial charge is 0.207 e. The highest BCUT2D eigenvalue weighted by Gasteiger charge is 2.21. The van der Waals surface area contributed by atoms with Crippen LogP contribution in [0.2, 0.25) is 0 Å². The molecule has 0 aliphatic heterocycles. The molecule has 0 radical (unpaired) electrons. The maximum atomic E-state index is 13.5. The maximum absolute atomic E-state index is 13.5. The third kappa shape index (κ3) is 4.97. The van der Waals surface area contributed by atoms with E-state index >= 15 is 0 Å². The smallest absolute Gasteiger partial charge is 0.127 e. The number of hydrogen-bond donors (Lipinski definition) is 0. The molecule has 1 atom stereocenters. The van der Waals surface area contributed by atoms with E-state index in [1.807, 2.05) is 12.1 Å². The molecule has 0 nitrogen and oxygen atoms in total. The van der Waals surface area contributed by atoms with E-state index in [0.29, 0.717) is 0 Å². The highest BCUT2D eigenvalue weighted by molar-refractivity contribution is 9.10. The van der Waals surface area contributed by atoms with Crippen LogP contribution in [0.25, 0.3) is 0 Å². The van der Waals surface area contributed by atoms with Crippen molar-refractivity contribution in [3.05, 3.63) is 34.1 Å². The second-order valence-corrected chi connectivity index (χ2v) is 6.90. The normalized spacial score (nSPS) is 13.8. The van der Waals surface area contributed by atoms with Gasteiger partial charge >= 0.3 is 0 Å². The van der Waals surface area contributed by atoms with E-state index in [1.54, 1.807) is 0 Å². The topological polar surface area (TPSA) is 0 Å². The summed E-state index contributed by atoms with van der Waals surface area (Å²) in [7, 11) is 0. The molecule has 0 saturated heterocycles. The standard InChI is InChI=1S/C14H19BrClF/c1-14(2,3)13(16)6-4-5-10-7-8-11(15)9-12(10)17/h7-9,13H,4-6H2,1-3H3. The average molecular weight is 322 g/mol. The number of hydrogen-bond acceptors (Lipinski definition) is 0. The Morgan fingerprint density at radius 2 is 2.00 bits per heavy atom. The van der Waals surface area contributed by atoms with Crippen molar-refractivity contribution in [3.8, 4) is 0 Å². The molecule has 0 aliphatic rings. The number of alkyl halides is 1. The minimum Gasteiger partial charge on any atom is -0.207 e. The summed E-state index contributed by atoms with van der Waals surface area (Å²) >= 11 is 9.54. The van der Waals surface area contributed by atoms with Crippen molar-refractivity contribution >= 4 is 27.5 Å². The Bertz CT molecular complexity index is 371. The van der Waals surface area contributed by atoms with E-state index in [4.69, 9.17) is 11.6 Å². The van der Waals surface area contributed by atoms with Gasteiger partial charge in [-0.3, -0.25) is 0 Å². The van der Waals surface area contributed by atoms with Gasteiger partial charge < -0.3 is 0 Å². The number of halogens is 3. The lowest BCUT2D eigenvalue weighted by atomic mass is 9.88. The third-order valence-electron chi connectivity index (χ3n) is 2.86. The fraction of sp³-hybridized carbons (Fsp3) is 0.571. The number of rotatable bonds is 4. The van der Waals surface area contributed by atoms with E-state index in [2.05, 4.69) is 36.7 Å². The molecular weight excluding hydrogens is 303 g/mol. The zero-order chi connectivity index (χ0) is 13.1. The Hall–Kier alpha value is -0.0800. The Morgan fingerprint density at radius 1 is 1.35 bits per heavy atom. The first kappa shape index (κ1) is 15.0. The van der Waals surface area contributed by atoms with E-state index in [-0.39, 0.29) is 16.6 Å². The van der Waals surface area contributed by atoms with Crippen LogP contribution in [0.15, 0.2) is 22.7 Å². The summed E-state index contributed by atoms with van der Waals surface area (Å²) in [5, 5.41) is 0.140. The molecule has 96 valence electrons. The van der Waals surface area contributed by atoms with E-state index in [9.17, 15) is 4.39 Å². The van der Waals surface area contributed by atoms with Gasteiger partial charge in [0.2, 0.25) is 0 Å². The van der Waals surface area contributed by atoms with Gasteiger partial charge in [-0.15, -0.1) is 11.6 Å². The van der Waals surface area contributed by atoms with Gasteiger partial charge in [-0.1, -0.05) is 42.8 Å².